The van der Waals surface area contributed by atoms with Crippen molar-refractivity contribution in [2.45, 2.75) is 12.5 Å². The molecule has 0 saturated carbocycles. The lowest BCUT2D eigenvalue weighted by atomic mass is 9.87. The summed E-state index contributed by atoms with van der Waals surface area (Å²) in [4.78, 5) is 0. The van der Waals surface area contributed by atoms with Crippen molar-refractivity contribution in [1.29, 1.82) is 0 Å². The zero-order chi connectivity index (χ0) is 14.8. The van der Waals surface area contributed by atoms with Gasteiger partial charge in [0.05, 0.1) is 19.8 Å². The molecule has 0 heterocycles. The average Bonchev–Trinajstić information content (AvgIpc) is 2.46. The van der Waals surface area contributed by atoms with Gasteiger partial charge >= 0.3 is 0 Å². The van der Waals surface area contributed by atoms with Crippen LogP contribution in [-0.2, 0) is 5.60 Å². The van der Waals surface area contributed by atoms with Crippen LogP contribution in [0.1, 0.15) is 18.1 Å². The van der Waals surface area contributed by atoms with Gasteiger partial charge in [-0.3, -0.25) is 0 Å². The first-order valence-corrected chi connectivity index (χ1v) is 7.00. The monoisotopic (exact) mass is 336 g/mol. The predicted octanol–water partition coefficient (Wildman–Crippen LogP) is 3.72. The van der Waals surface area contributed by atoms with E-state index >= 15 is 0 Å². The third kappa shape index (κ3) is 2.67. The van der Waals surface area contributed by atoms with Gasteiger partial charge in [0, 0.05) is 4.47 Å². The van der Waals surface area contributed by atoms with E-state index in [0.29, 0.717) is 17.1 Å². The molecule has 2 aromatic carbocycles. The van der Waals surface area contributed by atoms with Crippen molar-refractivity contribution in [3.05, 3.63) is 58.1 Å². The number of aliphatic hydroxyl groups is 1. The Bertz CT molecular complexity index is 569. The predicted molar refractivity (Wildman–Crippen MR) is 82.4 cm³/mol. The normalized spacial score (nSPS) is 13.7. The number of hydrogen-bond donors (Lipinski definition) is 1. The Morgan fingerprint density at radius 3 is 1.90 bits per heavy atom. The first kappa shape index (κ1) is 14.9. The number of rotatable bonds is 4. The summed E-state index contributed by atoms with van der Waals surface area (Å²) in [5.41, 5.74) is 0.175. The molecule has 106 valence electrons. The van der Waals surface area contributed by atoms with Crippen molar-refractivity contribution in [1.82, 2.24) is 0 Å². The summed E-state index contributed by atoms with van der Waals surface area (Å²) in [6.45, 7) is 1.73. The second kappa shape index (κ2) is 5.85. The minimum Gasteiger partial charge on any atom is -0.496 e. The highest BCUT2D eigenvalue weighted by atomic mass is 79.9. The van der Waals surface area contributed by atoms with Crippen molar-refractivity contribution >= 4 is 15.9 Å². The van der Waals surface area contributed by atoms with Crippen LogP contribution in [0.15, 0.2) is 46.9 Å². The summed E-state index contributed by atoms with van der Waals surface area (Å²) in [6, 6.07) is 13.0. The summed E-state index contributed by atoms with van der Waals surface area (Å²) in [7, 11) is 3.16. The standard InChI is InChI=1S/C16H17BrO3/c1-16(18,11-7-9-12(17)10-8-11)15-13(19-2)5-4-6-14(15)20-3/h4-10,18H,1-3H3. The Balaban J connectivity index is 2.61. The van der Waals surface area contributed by atoms with Gasteiger partial charge in [-0.1, -0.05) is 34.1 Å². The van der Waals surface area contributed by atoms with E-state index in [9.17, 15) is 5.11 Å². The molecule has 2 rings (SSSR count). The van der Waals surface area contributed by atoms with E-state index in [2.05, 4.69) is 15.9 Å². The van der Waals surface area contributed by atoms with Crippen LogP contribution in [-0.4, -0.2) is 19.3 Å². The third-order valence-corrected chi connectivity index (χ3v) is 3.85. The van der Waals surface area contributed by atoms with E-state index in [-0.39, 0.29) is 0 Å². The molecular weight excluding hydrogens is 320 g/mol. The van der Waals surface area contributed by atoms with Gasteiger partial charge in [-0.05, 0) is 36.8 Å². The maximum atomic E-state index is 11.0. The first-order chi connectivity index (χ1) is 9.50. The van der Waals surface area contributed by atoms with Crippen molar-refractivity contribution in [2.24, 2.45) is 0 Å². The third-order valence-electron chi connectivity index (χ3n) is 3.32. The van der Waals surface area contributed by atoms with E-state index in [1.807, 2.05) is 42.5 Å². The Hall–Kier alpha value is -1.52. The van der Waals surface area contributed by atoms with Gasteiger partial charge in [-0.25, -0.2) is 0 Å². The molecule has 0 radical (unpaired) electrons. The number of methoxy groups -OCH3 is 2. The summed E-state index contributed by atoms with van der Waals surface area (Å²) < 4.78 is 11.7. The lowest BCUT2D eigenvalue weighted by Gasteiger charge is -2.28. The van der Waals surface area contributed by atoms with Crippen LogP contribution < -0.4 is 9.47 Å². The van der Waals surface area contributed by atoms with Crippen LogP contribution in [0, 0.1) is 0 Å². The Labute approximate surface area is 127 Å². The number of ether oxygens (including phenoxy) is 2. The molecule has 1 unspecified atom stereocenters. The van der Waals surface area contributed by atoms with Gasteiger partial charge in [0.2, 0.25) is 0 Å². The lowest BCUT2D eigenvalue weighted by molar-refractivity contribution is 0.0955. The molecule has 0 spiro atoms. The van der Waals surface area contributed by atoms with E-state index in [0.717, 1.165) is 10.0 Å². The minimum absolute atomic E-state index is 0.595. The second-order valence-corrected chi connectivity index (χ2v) is 5.53. The quantitative estimate of drug-likeness (QED) is 0.924. The largest absolute Gasteiger partial charge is 0.496 e. The van der Waals surface area contributed by atoms with Crippen molar-refractivity contribution in [3.63, 3.8) is 0 Å². The molecule has 0 aliphatic carbocycles. The Morgan fingerprint density at radius 1 is 0.950 bits per heavy atom. The molecule has 0 fully saturated rings. The molecule has 0 aliphatic heterocycles. The average molecular weight is 337 g/mol. The Kier molecular flexibility index (Phi) is 4.35. The maximum absolute atomic E-state index is 11.0. The minimum atomic E-state index is -1.21. The summed E-state index contributed by atoms with van der Waals surface area (Å²) in [6.07, 6.45) is 0. The SMILES string of the molecule is COc1cccc(OC)c1C(C)(O)c1ccc(Br)cc1. The molecular formula is C16H17BrO3. The molecule has 0 amide bonds. The topological polar surface area (TPSA) is 38.7 Å². The van der Waals surface area contributed by atoms with Crippen LogP contribution in [0.3, 0.4) is 0 Å². The fraction of sp³-hybridized carbons (Fsp3) is 0.250. The fourth-order valence-electron chi connectivity index (χ4n) is 2.25. The molecule has 20 heavy (non-hydrogen) atoms. The number of benzene rings is 2. The highest BCUT2D eigenvalue weighted by Gasteiger charge is 2.32. The molecule has 1 atom stereocenters. The summed E-state index contributed by atoms with van der Waals surface area (Å²) in [5.74, 6) is 1.19. The molecule has 0 aromatic heterocycles. The van der Waals surface area contributed by atoms with Gasteiger partial charge in [-0.15, -0.1) is 0 Å². The van der Waals surface area contributed by atoms with Gasteiger partial charge in [0.25, 0.3) is 0 Å². The zero-order valence-electron chi connectivity index (χ0n) is 11.7. The summed E-state index contributed by atoms with van der Waals surface area (Å²) >= 11 is 3.39. The van der Waals surface area contributed by atoms with Crippen LogP contribution in [0.5, 0.6) is 11.5 Å². The van der Waals surface area contributed by atoms with E-state index < -0.39 is 5.60 Å². The molecule has 0 bridgehead atoms. The fourth-order valence-corrected chi connectivity index (χ4v) is 2.51. The lowest BCUT2D eigenvalue weighted by Crippen LogP contribution is -2.24. The van der Waals surface area contributed by atoms with Gasteiger partial charge in [0.1, 0.15) is 17.1 Å². The number of halogens is 1. The van der Waals surface area contributed by atoms with Gasteiger partial charge in [0.15, 0.2) is 0 Å². The second-order valence-electron chi connectivity index (χ2n) is 4.62. The highest BCUT2D eigenvalue weighted by Crippen LogP contribution is 2.41. The summed E-state index contributed by atoms with van der Waals surface area (Å²) in [5, 5.41) is 11.0. The van der Waals surface area contributed by atoms with Crippen molar-refractivity contribution in [2.75, 3.05) is 14.2 Å². The van der Waals surface area contributed by atoms with Crippen LogP contribution in [0.2, 0.25) is 0 Å². The van der Waals surface area contributed by atoms with Crippen molar-refractivity contribution < 1.29 is 14.6 Å². The van der Waals surface area contributed by atoms with E-state index in [1.54, 1.807) is 21.1 Å². The van der Waals surface area contributed by atoms with Gasteiger partial charge in [-0.2, -0.15) is 0 Å². The smallest absolute Gasteiger partial charge is 0.129 e. The zero-order valence-corrected chi connectivity index (χ0v) is 13.3. The highest BCUT2D eigenvalue weighted by molar-refractivity contribution is 9.10. The molecule has 1 N–H and O–H groups in total. The molecule has 4 heteroatoms. The van der Waals surface area contributed by atoms with E-state index in [1.165, 1.54) is 0 Å². The Morgan fingerprint density at radius 2 is 1.45 bits per heavy atom. The van der Waals surface area contributed by atoms with E-state index in [4.69, 9.17) is 9.47 Å². The van der Waals surface area contributed by atoms with Crippen LogP contribution in [0.25, 0.3) is 0 Å². The molecule has 0 saturated heterocycles. The first-order valence-electron chi connectivity index (χ1n) is 6.20. The molecule has 3 nitrogen and oxygen atoms in total. The van der Waals surface area contributed by atoms with Crippen LogP contribution >= 0.6 is 15.9 Å². The van der Waals surface area contributed by atoms with Crippen molar-refractivity contribution in [3.8, 4) is 11.5 Å². The maximum Gasteiger partial charge on any atom is 0.129 e. The molecule has 2 aromatic rings. The molecule has 0 aliphatic rings. The number of hydrogen-bond acceptors (Lipinski definition) is 3. The van der Waals surface area contributed by atoms with Gasteiger partial charge < -0.3 is 14.6 Å². The van der Waals surface area contributed by atoms with Crippen LogP contribution in [0.4, 0.5) is 0 Å².